The number of carbonyl (C=O) groups is 2. The number of nitrogens with zero attached hydrogens (tertiary/aromatic N) is 2. The van der Waals surface area contributed by atoms with Crippen LogP contribution >= 0.6 is 0 Å². The molecule has 6 heteroatoms. The molecule has 0 radical (unpaired) electrons. The minimum atomic E-state index is -0.301. The van der Waals surface area contributed by atoms with Gasteiger partial charge in [0.2, 0.25) is 5.91 Å². The summed E-state index contributed by atoms with van der Waals surface area (Å²) in [5, 5.41) is 3.18. The number of piperidine rings is 1. The van der Waals surface area contributed by atoms with Crippen LogP contribution in [0.3, 0.4) is 0 Å². The molecule has 0 aromatic heterocycles. The Labute approximate surface area is 157 Å². The van der Waals surface area contributed by atoms with E-state index < -0.39 is 0 Å². The number of hydrogen-bond acceptors (Lipinski definition) is 3. The third-order valence-corrected chi connectivity index (χ3v) is 5.95. The number of morpholine rings is 1. The van der Waals surface area contributed by atoms with Crippen LogP contribution in [0.4, 0.5) is 4.79 Å². The molecule has 3 aliphatic rings. The Bertz CT molecular complexity index is 508. The third-order valence-electron chi connectivity index (χ3n) is 5.95. The summed E-state index contributed by atoms with van der Waals surface area (Å²) < 4.78 is 5.88. The minimum absolute atomic E-state index is 0.00489. The molecule has 0 aromatic carbocycles. The van der Waals surface area contributed by atoms with Gasteiger partial charge in [-0.2, -0.15) is 0 Å². The Morgan fingerprint density at radius 2 is 1.65 bits per heavy atom. The molecule has 3 rings (SSSR count). The van der Waals surface area contributed by atoms with Crippen LogP contribution in [0.5, 0.6) is 0 Å². The molecule has 2 saturated heterocycles. The Morgan fingerprint density at radius 1 is 1.00 bits per heavy atom. The zero-order chi connectivity index (χ0) is 18.7. The van der Waals surface area contributed by atoms with Crippen molar-refractivity contribution in [3.05, 3.63) is 0 Å². The SMILES string of the molecule is CC1CN(C(=O)NC2CCN(C(=O)C3CCCCC3)CC2)CC(C)(C)O1. The zero-order valence-corrected chi connectivity index (χ0v) is 16.6. The van der Waals surface area contributed by atoms with Gasteiger partial charge in [-0.05, 0) is 46.5 Å². The van der Waals surface area contributed by atoms with Gasteiger partial charge in [-0.1, -0.05) is 19.3 Å². The number of ether oxygens (including phenoxy) is 1. The summed E-state index contributed by atoms with van der Waals surface area (Å²) >= 11 is 0. The van der Waals surface area contributed by atoms with Gasteiger partial charge < -0.3 is 19.9 Å². The van der Waals surface area contributed by atoms with Crippen molar-refractivity contribution in [3.8, 4) is 0 Å². The van der Waals surface area contributed by atoms with Gasteiger partial charge in [0.15, 0.2) is 0 Å². The summed E-state index contributed by atoms with van der Waals surface area (Å²) in [7, 11) is 0. The molecule has 2 aliphatic heterocycles. The normalized spacial score (nSPS) is 28.0. The summed E-state index contributed by atoms with van der Waals surface area (Å²) in [4.78, 5) is 29.2. The first-order valence-corrected chi connectivity index (χ1v) is 10.4. The number of carbonyl (C=O) groups excluding carboxylic acids is 2. The molecule has 2 heterocycles. The number of likely N-dealkylation sites (tertiary alicyclic amines) is 1. The molecule has 1 saturated carbocycles. The average Bonchev–Trinajstić information content (AvgIpc) is 2.61. The lowest BCUT2D eigenvalue weighted by Gasteiger charge is -2.42. The lowest BCUT2D eigenvalue weighted by molar-refractivity contribution is -0.137. The molecule has 0 aromatic rings. The van der Waals surface area contributed by atoms with Crippen molar-refractivity contribution in [2.24, 2.45) is 5.92 Å². The maximum absolute atomic E-state index is 12.7. The highest BCUT2D eigenvalue weighted by atomic mass is 16.5. The van der Waals surface area contributed by atoms with Crippen LogP contribution in [-0.4, -0.2) is 65.7 Å². The molecule has 1 atom stereocenters. The molecule has 1 N–H and O–H groups in total. The quantitative estimate of drug-likeness (QED) is 0.818. The fourth-order valence-electron chi connectivity index (χ4n) is 4.73. The molecule has 3 amide bonds. The van der Waals surface area contributed by atoms with Gasteiger partial charge in [-0.15, -0.1) is 0 Å². The predicted molar refractivity (Wildman–Crippen MR) is 101 cm³/mol. The van der Waals surface area contributed by atoms with E-state index in [1.807, 2.05) is 30.6 Å². The highest BCUT2D eigenvalue weighted by Crippen LogP contribution is 2.27. The van der Waals surface area contributed by atoms with Crippen molar-refractivity contribution in [1.29, 1.82) is 0 Å². The molecule has 0 bridgehead atoms. The van der Waals surface area contributed by atoms with Gasteiger partial charge in [0.25, 0.3) is 0 Å². The average molecular weight is 366 g/mol. The van der Waals surface area contributed by atoms with Gasteiger partial charge in [-0.3, -0.25) is 4.79 Å². The smallest absolute Gasteiger partial charge is 0.317 e. The maximum Gasteiger partial charge on any atom is 0.317 e. The highest BCUT2D eigenvalue weighted by molar-refractivity contribution is 5.79. The Hall–Kier alpha value is -1.30. The highest BCUT2D eigenvalue weighted by Gasteiger charge is 2.35. The first kappa shape index (κ1) is 19.5. The van der Waals surface area contributed by atoms with Crippen LogP contribution in [-0.2, 0) is 9.53 Å². The maximum atomic E-state index is 12.7. The van der Waals surface area contributed by atoms with E-state index in [1.54, 1.807) is 0 Å². The van der Waals surface area contributed by atoms with Crippen molar-refractivity contribution >= 4 is 11.9 Å². The van der Waals surface area contributed by atoms with E-state index in [4.69, 9.17) is 4.74 Å². The fourth-order valence-corrected chi connectivity index (χ4v) is 4.73. The fraction of sp³-hybridized carbons (Fsp3) is 0.900. The molecule has 0 spiro atoms. The number of hydrogen-bond donors (Lipinski definition) is 1. The van der Waals surface area contributed by atoms with E-state index >= 15 is 0 Å². The zero-order valence-electron chi connectivity index (χ0n) is 16.6. The summed E-state index contributed by atoms with van der Waals surface area (Å²) in [6.45, 7) is 8.85. The first-order chi connectivity index (χ1) is 12.3. The van der Waals surface area contributed by atoms with E-state index in [-0.39, 0.29) is 29.7 Å². The van der Waals surface area contributed by atoms with Crippen LogP contribution in [0.25, 0.3) is 0 Å². The van der Waals surface area contributed by atoms with Gasteiger partial charge in [0.1, 0.15) is 0 Å². The second-order valence-electron chi connectivity index (χ2n) is 8.95. The summed E-state index contributed by atoms with van der Waals surface area (Å²) in [5.74, 6) is 0.588. The number of urea groups is 1. The minimum Gasteiger partial charge on any atom is -0.369 e. The van der Waals surface area contributed by atoms with Gasteiger partial charge in [0.05, 0.1) is 18.2 Å². The lowest BCUT2D eigenvalue weighted by atomic mass is 9.87. The van der Waals surface area contributed by atoms with Gasteiger partial charge >= 0.3 is 6.03 Å². The Kier molecular flexibility index (Phi) is 6.10. The van der Waals surface area contributed by atoms with Crippen LogP contribution < -0.4 is 5.32 Å². The van der Waals surface area contributed by atoms with Gasteiger partial charge in [-0.25, -0.2) is 4.79 Å². The van der Waals surface area contributed by atoms with Crippen molar-refractivity contribution in [1.82, 2.24) is 15.1 Å². The van der Waals surface area contributed by atoms with E-state index in [9.17, 15) is 9.59 Å². The van der Waals surface area contributed by atoms with E-state index in [2.05, 4.69) is 5.32 Å². The summed E-state index contributed by atoms with van der Waals surface area (Å²) in [5.41, 5.74) is -0.301. The molecule has 26 heavy (non-hydrogen) atoms. The molecule has 6 nitrogen and oxygen atoms in total. The van der Waals surface area contributed by atoms with Crippen LogP contribution in [0, 0.1) is 5.92 Å². The molecular formula is C20H35N3O3. The topological polar surface area (TPSA) is 61.9 Å². The van der Waals surface area contributed by atoms with Crippen molar-refractivity contribution < 1.29 is 14.3 Å². The van der Waals surface area contributed by atoms with Crippen LogP contribution in [0.1, 0.15) is 65.7 Å². The first-order valence-electron chi connectivity index (χ1n) is 10.4. The standard InChI is InChI=1S/C20H35N3O3/c1-15-13-23(14-20(2,3)26-15)19(25)21-17-9-11-22(12-10-17)18(24)16-7-5-4-6-8-16/h15-17H,4-14H2,1-3H3,(H,21,25). The molecule has 148 valence electrons. The van der Waals surface area contributed by atoms with Crippen molar-refractivity contribution in [2.45, 2.75) is 83.5 Å². The van der Waals surface area contributed by atoms with Crippen molar-refractivity contribution in [3.63, 3.8) is 0 Å². The number of amides is 3. The molecule has 1 unspecified atom stereocenters. The van der Waals surface area contributed by atoms with E-state index in [0.717, 1.165) is 38.8 Å². The summed E-state index contributed by atoms with van der Waals surface area (Å²) in [6.07, 6.45) is 7.53. The van der Waals surface area contributed by atoms with E-state index in [0.29, 0.717) is 19.0 Å². The predicted octanol–water partition coefficient (Wildman–Crippen LogP) is 2.77. The van der Waals surface area contributed by atoms with Gasteiger partial charge in [0, 0.05) is 31.6 Å². The third kappa shape index (κ3) is 4.90. The molecule has 1 aliphatic carbocycles. The van der Waals surface area contributed by atoms with Crippen LogP contribution in [0.2, 0.25) is 0 Å². The van der Waals surface area contributed by atoms with Crippen molar-refractivity contribution in [2.75, 3.05) is 26.2 Å². The summed E-state index contributed by atoms with van der Waals surface area (Å²) in [6, 6.07) is 0.171. The Balaban J connectivity index is 1.45. The number of nitrogens with one attached hydrogen (secondary N) is 1. The second-order valence-corrected chi connectivity index (χ2v) is 8.95. The lowest BCUT2D eigenvalue weighted by Crippen LogP contribution is -2.58. The number of rotatable bonds is 2. The molecule has 3 fully saturated rings. The van der Waals surface area contributed by atoms with Crippen LogP contribution in [0.15, 0.2) is 0 Å². The monoisotopic (exact) mass is 365 g/mol. The second kappa shape index (κ2) is 8.15. The van der Waals surface area contributed by atoms with E-state index in [1.165, 1.54) is 19.3 Å². The molecular weight excluding hydrogens is 330 g/mol. The largest absolute Gasteiger partial charge is 0.369 e. The Morgan fingerprint density at radius 3 is 2.27 bits per heavy atom.